The van der Waals surface area contributed by atoms with Gasteiger partial charge in [0.05, 0.1) is 32.8 Å². The summed E-state index contributed by atoms with van der Waals surface area (Å²) in [5.41, 5.74) is 1.06. The van der Waals surface area contributed by atoms with Crippen LogP contribution in [0.25, 0.3) is 11.4 Å². The van der Waals surface area contributed by atoms with Crippen LogP contribution >= 0.6 is 12.2 Å². The molecule has 158 valence electrons. The molecule has 2 heterocycles. The van der Waals surface area contributed by atoms with Crippen molar-refractivity contribution in [1.29, 1.82) is 0 Å². The summed E-state index contributed by atoms with van der Waals surface area (Å²) >= 11 is 5.89. The van der Waals surface area contributed by atoms with Crippen LogP contribution in [0.1, 0.15) is 44.9 Å². The first-order valence-electron chi connectivity index (χ1n) is 10.9. The predicted molar refractivity (Wildman–Crippen MR) is 116 cm³/mol. The summed E-state index contributed by atoms with van der Waals surface area (Å²) < 4.78 is 16.2. The zero-order chi connectivity index (χ0) is 20.2. The Bertz CT molecular complexity index is 849. The van der Waals surface area contributed by atoms with Gasteiger partial charge in [0.15, 0.2) is 12.5 Å². The number of ether oxygens (including phenoxy) is 2. The van der Waals surface area contributed by atoms with Crippen molar-refractivity contribution in [2.75, 3.05) is 20.8 Å². The second-order valence-electron chi connectivity index (χ2n) is 8.42. The highest BCUT2D eigenvalue weighted by Gasteiger charge is 2.25. The molecule has 1 unspecified atom stereocenters. The fraction of sp³-hybridized carbons (Fsp3) is 0.636. The van der Waals surface area contributed by atoms with E-state index in [0.717, 1.165) is 54.6 Å². The lowest BCUT2D eigenvalue weighted by Gasteiger charge is -2.27. The van der Waals surface area contributed by atoms with E-state index in [0.29, 0.717) is 6.04 Å². The van der Waals surface area contributed by atoms with Crippen molar-refractivity contribution in [3.05, 3.63) is 29.0 Å². The van der Waals surface area contributed by atoms with Gasteiger partial charge in [-0.25, -0.2) is 0 Å². The molecule has 2 aromatic rings. The van der Waals surface area contributed by atoms with Crippen molar-refractivity contribution in [2.45, 2.75) is 70.3 Å². The van der Waals surface area contributed by atoms with Crippen molar-refractivity contribution < 1.29 is 14.4 Å². The topological polar surface area (TPSA) is 45.7 Å². The van der Waals surface area contributed by atoms with Crippen LogP contribution in [-0.4, -0.2) is 47.3 Å². The van der Waals surface area contributed by atoms with E-state index in [1.54, 1.807) is 7.11 Å². The van der Waals surface area contributed by atoms with Gasteiger partial charge in [0.2, 0.25) is 4.77 Å². The molecule has 7 heteroatoms. The van der Waals surface area contributed by atoms with Gasteiger partial charge in [-0.15, -0.1) is 5.10 Å². The summed E-state index contributed by atoms with van der Waals surface area (Å²) in [6.45, 7) is 2.42. The number of hydrogen-bond donors (Lipinski definition) is 1. The minimum Gasteiger partial charge on any atom is -0.497 e. The number of nitrogens with one attached hydrogen (secondary N) is 1. The maximum atomic E-state index is 5.90. The van der Waals surface area contributed by atoms with E-state index in [4.69, 9.17) is 26.8 Å². The number of aromatic nitrogens is 3. The van der Waals surface area contributed by atoms with Crippen molar-refractivity contribution >= 4 is 12.2 Å². The first-order valence-corrected chi connectivity index (χ1v) is 11.3. The molecule has 0 radical (unpaired) electrons. The van der Waals surface area contributed by atoms with Gasteiger partial charge in [0.25, 0.3) is 0 Å². The SMILES string of the molecule is COc1ccc(-c2nn(C[NH+](C)C3CCCCC3)c(=S)n2C[C@@H]2CCCO2)cc1. The first-order chi connectivity index (χ1) is 14.2. The van der Waals surface area contributed by atoms with E-state index in [2.05, 4.69) is 23.7 Å². The van der Waals surface area contributed by atoms with Crippen molar-refractivity contribution in [2.24, 2.45) is 0 Å². The molecule has 1 aliphatic carbocycles. The molecule has 0 bridgehead atoms. The molecule has 2 fully saturated rings. The quantitative estimate of drug-likeness (QED) is 0.704. The molecule has 0 spiro atoms. The molecule has 1 saturated carbocycles. The number of benzene rings is 1. The molecular formula is C22H33N4O2S+. The van der Waals surface area contributed by atoms with Gasteiger partial charge in [-0.3, -0.25) is 4.57 Å². The molecular weight excluding hydrogens is 384 g/mol. The van der Waals surface area contributed by atoms with Gasteiger partial charge in [-0.1, -0.05) is 6.42 Å². The summed E-state index contributed by atoms with van der Waals surface area (Å²) in [6, 6.07) is 8.78. The Morgan fingerprint density at radius 2 is 1.90 bits per heavy atom. The van der Waals surface area contributed by atoms with Crippen LogP contribution in [0, 0.1) is 4.77 Å². The van der Waals surface area contributed by atoms with Crippen molar-refractivity contribution in [3.63, 3.8) is 0 Å². The monoisotopic (exact) mass is 417 g/mol. The molecule has 2 atom stereocenters. The van der Waals surface area contributed by atoms with Crippen molar-refractivity contribution in [1.82, 2.24) is 14.3 Å². The van der Waals surface area contributed by atoms with Crippen LogP contribution in [0.4, 0.5) is 0 Å². The van der Waals surface area contributed by atoms with E-state index < -0.39 is 0 Å². The van der Waals surface area contributed by atoms with Crippen LogP contribution in [-0.2, 0) is 18.0 Å². The average Bonchev–Trinajstić information content (AvgIpc) is 3.38. The Balaban J connectivity index is 1.62. The van der Waals surface area contributed by atoms with Crippen molar-refractivity contribution in [3.8, 4) is 17.1 Å². The van der Waals surface area contributed by atoms with Crippen LogP contribution in [0.3, 0.4) is 0 Å². The van der Waals surface area contributed by atoms with Gasteiger partial charge in [0.1, 0.15) is 5.75 Å². The Kier molecular flexibility index (Phi) is 6.67. The second kappa shape index (κ2) is 9.41. The maximum Gasteiger partial charge on any atom is 0.203 e. The van der Waals surface area contributed by atoms with Crippen LogP contribution < -0.4 is 9.64 Å². The Hall–Kier alpha value is -1.70. The lowest BCUT2D eigenvalue weighted by molar-refractivity contribution is -0.930. The average molecular weight is 418 g/mol. The van der Waals surface area contributed by atoms with Gasteiger partial charge in [0, 0.05) is 12.2 Å². The minimum absolute atomic E-state index is 0.222. The van der Waals surface area contributed by atoms with Crippen LogP contribution in [0.2, 0.25) is 0 Å². The van der Waals surface area contributed by atoms with E-state index >= 15 is 0 Å². The molecule has 29 heavy (non-hydrogen) atoms. The Morgan fingerprint density at radius 3 is 2.55 bits per heavy atom. The van der Waals surface area contributed by atoms with E-state index in [1.807, 2.05) is 16.8 Å². The smallest absolute Gasteiger partial charge is 0.203 e. The van der Waals surface area contributed by atoms with Gasteiger partial charge in [-0.05, 0) is 75.0 Å². The fourth-order valence-electron chi connectivity index (χ4n) is 4.61. The number of nitrogens with zero attached hydrogens (tertiary/aromatic N) is 3. The molecule has 1 saturated heterocycles. The van der Waals surface area contributed by atoms with Crippen LogP contribution in [0.15, 0.2) is 24.3 Å². The standard InChI is InChI=1S/C22H32N4O2S/c1-24(18-7-4-3-5-8-18)16-26-22(29)25(15-20-9-6-14-28-20)21(23-26)17-10-12-19(27-2)13-11-17/h10-13,18,20H,3-9,14-16H2,1-2H3/p+1/t20-/m0/s1. The summed E-state index contributed by atoms with van der Waals surface area (Å²) in [6.07, 6.45) is 9.11. The molecule has 1 aromatic heterocycles. The fourth-order valence-corrected chi connectivity index (χ4v) is 4.88. The molecule has 6 nitrogen and oxygen atoms in total. The normalized spacial score (nSPS) is 21.4. The maximum absolute atomic E-state index is 5.90. The molecule has 1 aromatic carbocycles. The Labute approximate surface area is 178 Å². The highest BCUT2D eigenvalue weighted by Crippen LogP contribution is 2.24. The Morgan fingerprint density at radius 1 is 1.14 bits per heavy atom. The molecule has 2 aliphatic rings. The van der Waals surface area contributed by atoms with Gasteiger partial charge >= 0.3 is 0 Å². The molecule has 4 rings (SSSR count). The lowest BCUT2D eigenvalue weighted by atomic mass is 9.95. The van der Waals surface area contributed by atoms with Gasteiger partial charge < -0.3 is 14.4 Å². The van der Waals surface area contributed by atoms with Crippen LogP contribution in [0.5, 0.6) is 5.75 Å². The first kappa shape index (κ1) is 20.6. The summed E-state index contributed by atoms with van der Waals surface area (Å²) in [4.78, 5) is 1.50. The number of quaternary nitrogens is 1. The second-order valence-corrected chi connectivity index (χ2v) is 8.78. The predicted octanol–water partition coefficient (Wildman–Crippen LogP) is 3.07. The third-order valence-corrected chi connectivity index (χ3v) is 6.81. The highest BCUT2D eigenvalue weighted by molar-refractivity contribution is 7.71. The van der Waals surface area contributed by atoms with E-state index in [-0.39, 0.29) is 6.10 Å². The molecule has 1 N–H and O–H groups in total. The number of hydrogen-bond acceptors (Lipinski definition) is 4. The highest BCUT2D eigenvalue weighted by atomic mass is 32.1. The number of methoxy groups -OCH3 is 1. The van der Waals surface area contributed by atoms with E-state index in [9.17, 15) is 0 Å². The third kappa shape index (κ3) is 4.73. The van der Waals surface area contributed by atoms with E-state index in [1.165, 1.54) is 37.0 Å². The van der Waals surface area contributed by atoms with Gasteiger partial charge in [-0.2, -0.15) is 4.68 Å². The summed E-state index contributed by atoms with van der Waals surface area (Å²) in [5, 5.41) is 4.97. The number of rotatable bonds is 7. The minimum atomic E-state index is 0.222. The lowest BCUT2D eigenvalue weighted by Crippen LogP contribution is -3.12. The zero-order valence-corrected chi connectivity index (χ0v) is 18.4. The third-order valence-electron chi connectivity index (χ3n) is 6.38. The zero-order valence-electron chi connectivity index (χ0n) is 17.6. The molecule has 1 aliphatic heterocycles. The summed E-state index contributed by atoms with van der Waals surface area (Å²) in [5.74, 6) is 1.77. The molecule has 0 amide bonds. The largest absolute Gasteiger partial charge is 0.497 e. The summed E-state index contributed by atoms with van der Waals surface area (Å²) in [7, 11) is 3.97.